The van der Waals surface area contributed by atoms with Gasteiger partial charge in [0.15, 0.2) is 0 Å². The van der Waals surface area contributed by atoms with Crippen LogP contribution in [0.15, 0.2) is 42.5 Å². The Morgan fingerprint density at radius 1 is 1.20 bits per heavy atom. The van der Waals surface area contributed by atoms with E-state index in [-0.39, 0.29) is 17.1 Å². The van der Waals surface area contributed by atoms with Crippen LogP contribution in [0.5, 0.6) is 5.88 Å². The molecule has 0 atom stereocenters. The third-order valence-electron chi connectivity index (χ3n) is 5.05. The quantitative estimate of drug-likeness (QED) is 0.502. The number of aryl methyl sites for hydroxylation is 1. The summed E-state index contributed by atoms with van der Waals surface area (Å²) in [5.41, 5.74) is 2.67. The van der Waals surface area contributed by atoms with E-state index in [2.05, 4.69) is 10.3 Å². The number of morpholine rings is 1. The van der Waals surface area contributed by atoms with Gasteiger partial charge < -0.3 is 20.1 Å². The first-order valence-corrected chi connectivity index (χ1v) is 9.45. The molecule has 2 heterocycles. The Balaban J connectivity index is 1.69. The number of non-ortho nitro benzene ring substituents is 1. The first-order valence-electron chi connectivity index (χ1n) is 9.45. The normalized spacial score (nSPS) is 14.0. The topological polar surface area (TPSA) is 118 Å². The molecule has 154 valence electrons. The monoisotopic (exact) mass is 408 g/mol. The number of amides is 1. The lowest BCUT2D eigenvalue weighted by molar-refractivity contribution is -0.384. The SMILES string of the molecule is Cc1cc(O)nc2ccc(NC(=O)c3cc([N+](=O)[O-])ccc3N3CCOCC3)cc12. The van der Waals surface area contributed by atoms with Gasteiger partial charge in [-0.1, -0.05) is 0 Å². The Hall–Kier alpha value is -3.72. The van der Waals surface area contributed by atoms with Crippen LogP contribution >= 0.6 is 0 Å². The zero-order chi connectivity index (χ0) is 21.3. The van der Waals surface area contributed by atoms with Crippen molar-refractivity contribution < 1.29 is 19.6 Å². The Labute approximate surface area is 172 Å². The smallest absolute Gasteiger partial charge is 0.270 e. The lowest BCUT2D eigenvalue weighted by Gasteiger charge is -2.30. The summed E-state index contributed by atoms with van der Waals surface area (Å²) in [6, 6.07) is 11.0. The van der Waals surface area contributed by atoms with Crippen LogP contribution in [-0.4, -0.2) is 47.2 Å². The maximum Gasteiger partial charge on any atom is 0.270 e. The highest BCUT2D eigenvalue weighted by Gasteiger charge is 2.22. The number of ether oxygens (including phenoxy) is 1. The van der Waals surface area contributed by atoms with Gasteiger partial charge in [0.25, 0.3) is 11.6 Å². The van der Waals surface area contributed by atoms with E-state index in [0.29, 0.717) is 43.2 Å². The van der Waals surface area contributed by atoms with Crippen molar-refractivity contribution in [2.45, 2.75) is 6.92 Å². The molecule has 9 nitrogen and oxygen atoms in total. The van der Waals surface area contributed by atoms with Gasteiger partial charge in [0.2, 0.25) is 5.88 Å². The van der Waals surface area contributed by atoms with Gasteiger partial charge in [0, 0.05) is 42.4 Å². The molecule has 9 heteroatoms. The van der Waals surface area contributed by atoms with Gasteiger partial charge in [-0.15, -0.1) is 0 Å². The zero-order valence-corrected chi connectivity index (χ0v) is 16.3. The van der Waals surface area contributed by atoms with Crippen molar-refractivity contribution in [3.05, 3.63) is 63.7 Å². The van der Waals surface area contributed by atoms with Crippen molar-refractivity contribution in [2.24, 2.45) is 0 Å². The van der Waals surface area contributed by atoms with Crippen molar-refractivity contribution >= 4 is 33.9 Å². The summed E-state index contributed by atoms with van der Waals surface area (Å²) in [5.74, 6) is -0.507. The molecule has 2 aromatic carbocycles. The van der Waals surface area contributed by atoms with Crippen LogP contribution < -0.4 is 10.2 Å². The molecule has 1 fully saturated rings. The number of rotatable bonds is 4. The summed E-state index contributed by atoms with van der Waals surface area (Å²) in [4.78, 5) is 29.9. The van der Waals surface area contributed by atoms with E-state index in [0.717, 1.165) is 10.9 Å². The van der Waals surface area contributed by atoms with Crippen LogP contribution in [0, 0.1) is 17.0 Å². The van der Waals surface area contributed by atoms with Gasteiger partial charge in [0.1, 0.15) is 0 Å². The van der Waals surface area contributed by atoms with Crippen molar-refractivity contribution in [3.8, 4) is 5.88 Å². The maximum absolute atomic E-state index is 13.1. The third-order valence-corrected chi connectivity index (χ3v) is 5.05. The van der Waals surface area contributed by atoms with Crippen molar-refractivity contribution in [1.82, 2.24) is 4.98 Å². The fourth-order valence-corrected chi connectivity index (χ4v) is 3.55. The first-order chi connectivity index (χ1) is 14.4. The van der Waals surface area contributed by atoms with Crippen molar-refractivity contribution in [1.29, 1.82) is 0 Å². The second-order valence-corrected chi connectivity index (χ2v) is 7.04. The molecule has 1 aliphatic heterocycles. The Kier molecular flexibility index (Phi) is 5.20. The molecule has 2 N–H and O–H groups in total. The van der Waals surface area contributed by atoms with Crippen molar-refractivity contribution in [2.75, 3.05) is 36.5 Å². The van der Waals surface area contributed by atoms with E-state index in [1.165, 1.54) is 12.1 Å². The molecule has 0 radical (unpaired) electrons. The largest absolute Gasteiger partial charge is 0.493 e. The number of hydrogen-bond acceptors (Lipinski definition) is 7. The summed E-state index contributed by atoms with van der Waals surface area (Å²) in [6.07, 6.45) is 0. The number of anilines is 2. The van der Waals surface area contributed by atoms with E-state index < -0.39 is 10.8 Å². The molecule has 1 amide bonds. The number of aromatic hydroxyl groups is 1. The van der Waals surface area contributed by atoms with E-state index in [9.17, 15) is 20.0 Å². The van der Waals surface area contributed by atoms with Crippen LogP contribution in [0.3, 0.4) is 0 Å². The van der Waals surface area contributed by atoms with Crippen LogP contribution in [0.2, 0.25) is 0 Å². The molecule has 0 spiro atoms. The molecular formula is C21H20N4O5. The van der Waals surface area contributed by atoms with Crippen LogP contribution in [0.1, 0.15) is 15.9 Å². The molecule has 0 aliphatic carbocycles. The molecule has 1 aliphatic rings. The highest BCUT2D eigenvalue weighted by molar-refractivity contribution is 6.09. The highest BCUT2D eigenvalue weighted by atomic mass is 16.6. The number of nitro benzene ring substituents is 1. The van der Waals surface area contributed by atoms with E-state index in [4.69, 9.17) is 4.74 Å². The number of nitrogens with one attached hydrogen (secondary N) is 1. The van der Waals surface area contributed by atoms with Gasteiger partial charge in [-0.2, -0.15) is 0 Å². The molecule has 30 heavy (non-hydrogen) atoms. The van der Waals surface area contributed by atoms with Gasteiger partial charge in [-0.3, -0.25) is 14.9 Å². The summed E-state index contributed by atoms with van der Waals surface area (Å²) < 4.78 is 5.37. The zero-order valence-electron chi connectivity index (χ0n) is 16.3. The summed E-state index contributed by atoms with van der Waals surface area (Å²) in [6.45, 7) is 4.10. The Bertz CT molecular complexity index is 1140. The molecular weight excluding hydrogens is 388 g/mol. The average molecular weight is 408 g/mol. The van der Waals surface area contributed by atoms with E-state index in [1.54, 1.807) is 30.3 Å². The number of nitro groups is 1. The number of aromatic nitrogens is 1. The second kappa shape index (κ2) is 7.96. The Morgan fingerprint density at radius 2 is 1.97 bits per heavy atom. The molecule has 3 aromatic rings. The van der Waals surface area contributed by atoms with E-state index >= 15 is 0 Å². The number of benzene rings is 2. The predicted octanol–water partition coefficient (Wildman–Crippen LogP) is 3.25. The number of nitrogens with zero attached hydrogens (tertiary/aromatic N) is 3. The molecule has 1 aromatic heterocycles. The fourth-order valence-electron chi connectivity index (χ4n) is 3.55. The number of carbonyl (C=O) groups excluding carboxylic acids is 1. The minimum atomic E-state index is -0.516. The third kappa shape index (κ3) is 3.87. The van der Waals surface area contributed by atoms with Crippen molar-refractivity contribution in [3.63, 3.8) is 0 Å². The minimum Gasteiger partial charge on any atom is -0.493 e. The first kappa shape index (κ1) is 19.6. The lowest BCUT2D eigenvalue weighted by atomic mass is 10.1. The lowest BCUT2D eigenvalue weighted by Crippen LogP contribution is -2.37. The molecule has 1 saturated heterocycles. The maximum atomic E-state index is 13.1. The predicted molar refractivity (Wildman–Crippen MR) is 112 cm³/mol. The van der Waals surface area contributed by atoms with Gasteiger partial charge in [-0.25, -0.2) is 4.98 Å². The van der Waals surface area contributed by atoms with Crippen LogP contribution in [0.4, 0.5) is 17.1 Å². The standard InChI is InChI=1S/C21H20N4O5/c1-13-10-20(26)23-18-4-2-14(11-16(13)18)22-21(27)17-12-15(25(28)29)3-5-19(17)24-6-8-30-9-7-24/h2-5,10-12H,6-9H2,1H3,(H,22,27)(H,23,26). The summed E-state index contributed by atoms with van der Waals surface area (Å²) >= 11 is 0. The molecule has 0 bridgehead atoms. The summed E-state index contributed by atoms with van der Waals surface area (Å²) in [7, 11) is 0. The minimum absolute atomic E-state index is 0.0662. The van der Waals surface area contributed by atoms with E-state index in [1.807, 2.05) is 11.8 Å². The fraction of sp³-hybridized carbons (Fsp3) is 0.238. The molecule has 4 rings (SSSR count). The number of fused-ring (bicyclic) bond motifs is 1. The van der Waals surface area contributed by atoms with Crippen LogP contribution in [0.25, 0.3) is 10.9 Å². The highest BCUT2D eigenvalue weighted by Crippen LogP contribution is 2.29. The number of carbonyl (C=O) groups is 1. The van der Waals surface area contributed by atoms with Gasteiger partial charge in [-0.05, 0) is 36.8 Å². The average Bonchev–Trinajstić information content (AvgIpc) is 2.74. The Morgan fingerprint density at radius 3 is 2.70 bits per heavy atom. The summed E-state index contributed by atoms with van der Waals surface area (Å²) in [5, 5.41) is 24.5. The van der Waals surface area contributed by atoms with Gasteiger partial charge in [0.05, 0.1) is 34.9 Å². The van der Waals surface area contributed by atoms with Crippen LogP contribution in [-0.2, 0) is 4.74 Å². The molecule has 0 saturated carbocycles. The second-order valence-electron chi connectivity index (χ2n) is 7.04. The number of pyridine rings is 1. The molecule has 0 unspecified atom stereocenters. The van der Waals surface area contributed by atoms with Gasteiger partial charge >= 0.3 is 0 Å². The number of hydrogen-bond donors (Lipinski definition) is 2.